The van der Waals surface area contributed by atoms with Crippen LogP contribution in [0.2, 0.25) is 0 Å². The van der Waals surface area contributed by atoms with E-state index in [1.807, 2.05) is 0 Å². The van der Waals surface area contributed by atoms with Crippen LogP contribution >= 0.6 is 8.69 Å². The first kappa shape index (κ1) is 8.82. The van der Waals surface area contributed by atoms with Crippen molar-refractivity contribution in [2.75, 3.05) is 0 Å². The quantitative estimate of drug-likeness (QED) is 0.340. The van der Waals surface area contributed by atoms with Gasteiger partial charge in [0.05, 0.1) is 0 Å². The average Bonchev–Trinajstić information content (AvgIpc) is 1.46. The highest BCUT2D eigenvalue weighted by atomic mass is 31.1. The molecule has 0 heterocycles. The maximum absolute atomic E-state index is 8.51. The van der Waals surface area contributed by atoms with E-state index in [1.165, 1.54) is 0 Å². The van der Waals surface area contributed by atoms with Gasteiger partial charge in [-0.1, -0.05) is 0 Å². The average molecular weight is 91.0 g/mol. The van der Waals surface area contributed by atoms with Crippen LogP contribution in [0.5, 0.6) is 0 Å². The summed E-state index contributed by atoms with van der Waals surface area (Å²) in [5.41, 5.74) is 0. The molecule has 1 unspecified atom stereocenters. The van der Waals surface area contributed by atoms with E-state index >= 15 is 0 Å². The first-order valence-corrected chi connectivity index (χ1v) is 1.62. The summed E-state index contributed by atoms with van der Waals surface area (Å²) in [6.45, 7) is 0. The van der Waals surface area contributed by atoms with Crippen molar-refractivity contribution in [1.82, 2.24) is 0 Å². The monoisotopic (exact) mass is 91.0 g/mol. The van der Waals surface area contributed by atoms with Crippen LogP contribution in [0.4, 0.5) is 0 Å². The molecule has 0 rings (SSSR count). The van der Waals surface area contributed by atoms with Crippen molar-refractivity contribution in [3.8, 4) is 12.8 Å². The maximum atomic E-state index is 8.51. The van der Waals surface area contributed by atoms with Gasteiger partial charge in [-0.05, 0) is 4.57 Å². The number of rotatable bonds is 0. The van der Waals surface area contributed by atoms with Gasteiger partial charge in [-0.3, -0.25) is 0 Å². The molecule has 0 aromatic heterocycles. The van der Waals surface area contributed by atoms with Crippen molar-refractivity contribution < 1.29 is 9.46 Å². The van der Waals surface area contributed by atoms with Crippen LogP contribution in [0.15, 0.2) is 0 Å². The topological polar surface area (TPSA) is 37.3 Å². The van der Waals surface area contributed by atoms with E-state index < -0.39 is 8.69 Å². The van der Waals surface area contributed by atoms with Gasteiger partial charge in [-0.25, -0.2) is 0 Å². The van der Waals surface area contributed by atoms with Gasteiger partial charge in [-0.2, -0.15) is 4.89 Å². The lowest BCUT2D eigenvalue weighted by molar-refractivity contribution is 0.524. The van der Waals surface area contributed by atoms with Gasteiger partial charge in [0.1, 0.15) is 0 Å². The van der Waals surface area contributed by atoms with Crippen molar-refractivity contribution in [3.63, 3.8) is 0 Å². The summed E-state index contributed by atoms with van der Waals surface area (Å²) >= 11 is 0. The second-order valence-electron chi connectivity index (χ2n) is 0.0913. The van der Waals surface area contributed by atoms with E-state index in [0.717, 1.165) is 0 Å². The Bertz CT molecular complexity index is 31.9. The first-order chi connectivity index (χ1) is 2.41. The molecule has 0 radical (unpaired) electrons. The molecule has 0 bridgehead atoms. The Morgan fingerprint density at radius 3 is 1.60 bits per heavy atom. The molecule has 0 aliphatic heterocycles. The van der Waals surface area contributed by atoms with E-state index in [0.29, 0.717) is 0 Å². The molecule has 0 saturated carbocycles. The second-order valence-corrected chi connectivity index (χ2v) is 0.274. The van der Waals surface area contributed by atoms with Crippen LogP contribution in [-0.2, 0) is 4.57 Å². The molecule has 0 aliphatic carbocycles. The zero-order chi connectivity index (χ0) is 4.71. The summed E-state index contributed by atoms with van der Waals surface area (Å²) in [6.07, 6.45) is 8.00. The van der Waals surface area contributed by atoms with Crippen LogP contribution in [0.1, 0.15) is 0 Å². The zero-order valence-corrected chi connectivity index (χ0v) is 3.51. The van der Waals surface area contributed by atoms with Crippen LogP contribution in [0.3, 0.4) is 0 Å². The molecule has 1 N–H and O–H groups in total. The van der Waals surface area contributed by atoms with Gasteiger partial charge in [0.15, 0.2) is 0 Å². The summed E-state index contributed by atoms with van der Waals surface area (Å²) in [5, 5.41) is 0. The number of hydrogen-bond acceptors (Lipinski definition) is 1. The van der Waals surface area contributed by atoms with Crippen molar-refractivity contribution in [1.29, 1.82) is 0 Å². The highest BCUT2D eigenvalue weighted by molar-refractivity contribution is 7.16. The van der Waals surface area contributed by atoms with E-state index in [1.54, 1.807) is 0 Å². The maximum Gasteiger partial charge on any atom is 0.491 e. The standard InChI is InChI=1S/C2H2.HO2P/c1-2;1-3-2/h1-2H;3H/p+1. The lowest BCUT2D eigenvalue weighted by Crippen LogP contribution is -1.03. The molecule has 2 nitrogen and oxygen atoms in total. The normalized spacial score (nSPS) is 4.60. The number of terminal acetylenes is 1. The van der Waals surface area contributed by atoms with Crippen molar-refractivity contribution in [2.45, 2.75) is 0 Å². The van der Waals surface area contributed by atoms with Gasteiger partial charge < -0.3 is 0 Å². The van der Waals surface area contributed by atoms with Gasteiger partial charge in [0.25, 0.3) is 0 Å². The Balaban J connectivity index is 0. The Hall–Kier alpha value is -0.380. The summed E-state index contributed by atoms with van der Waals surface area (Å²) in [7, 11) is -1.17. The summed E-state index contributed by atoms with van der Waals surface area (Å²) in [4.78, 5) is 7.04. The van der Waals surface area contributed by atoms with Crippen molar-refractivity contribution in [3.05, 3.63) is 0 Å². The lowest BCUT2D eigenvalue weighted by atomic mass is 11.4. The largest absolute Gasteiger partial charge is 0.491 e. The molecule has 1 atom stereocenters. The van der Waals surface area contributed by atoms with E-state index in [-0.39, 0.29) is 0 Å². The van der Waals surface area contributed by atoms with Gasteiger partial charge in [0.2, 0.25) is 0 Å². The molecule has 5 heavy (non-hydrogen) atoms. The smallest absolute Gasteiger partial charge is 0.162 e. The highest BCUT2D eigenvalue weighted by Gasteiger charge is 1.45. The van der Waals surface area contributed by atoms with Crippen LogP contribution in [0.25, 0.3) is 0 Å². The predicted octanol–water partition coefficient (Wildman–Crippen LogP) is 0.167. The minimum absolute atomic E-state index is 1.17. The third kappa shape index (κ3) is 65.8. The summed E-state index contributed by atoms with van der Waals surface area (Å²) < 4.78 is 8.51. The third-order valence-electron chi connectivity index (χ3n) is 0. The molecule has 0 amide bonds. The van der Waals surface area contributed by atoms with Gasteiger partial charge >= 0.3 is 8.69 Å². The zero-order valence-electron chi connectivity index (χ0n) is 2.51. The molecule has 0 aromatic rings. The van der Waals surface area contributed by atoms with Gasteiger partial charge in [0, 0.05) is 0 Å². The molecule has 0 aliphatic rings. The second kappa shape index (κ2) is 64.6. The van der Waals surface area contributed by atoms with Crippen molar-refractivity contribution >= 4 is 8.69 Å². The SMILES string of the molecule is C#C.O=[PH+]O. The molecular weight excluding hydrogens is 87.0 g/mol. The number of hydrogen-bond donors (Lipinski definition) is 1. The molecule has 0 spiro atoms. The van der Waals surface area contributed by atoms with E-state index in [4.69, 9.17) is 9.46 Å². The molecule has 0 saturated heterocycles. The molecular formula is C2H4O2P+. The predicted molar refractivity (Wildman–Crippen MR) is 21.1 cm³/mol. The minimum Gasteiger partial charge on any atom is -0.162 e. The fourth-order valence-corrected chi connectivity index (χ4v) is 0. The minimum atomic E-state index is -1.17. The van der Waals surface area contributed by atoms with Gasteiger partial charge in [-0.15, -0.1) is 12.8 Å². The summed E-state index contributed by atoms with van der Waals surface area (Å²) in [6, 6.07) is 0. The fourth-order valence-electron chi connectivity index (χ4n) is 0. The van der Waals surface area contributed by atoms with Crippen molar-refractivity contribution in [2.24, 2.45) is 0 Å². The third-order valence-corrected chi connectivity index (χ3v) is 0. The Morgan fingerprint density at radius 2 is 1.60 bits per heavy atom. The first-order valence-electron chi connectivity index (χ1n) is 0.761. The van der Waals surface area contributed by atoms with Crippen LogP contribution < -0.4 is 0 Å². The molecule has 3 heteroatoms. The molecule has 28 valence electrons. The molecule has 0 aromatic carbocycles. The van der Waals surface area contributed by atoms with E-state index in [9.17, 15) is 0 Å². The lowest BCUT2D eigenvalue weighted by Gasteiger charge is -1.08. The summed E-state index contributed by atoms with van der Waals surface area (Å²) in [5.74, 6) is 0. The Labute approximate surface area is 32.1 Å². The van der Waals surface area contributed by atoms with Crippen LogP contribution in [-0.4, -0.2) is 4.89 Å². The fraction of sp³-hybridized carbons (Fsp3) is 0. The van der Waals surface area contributed by atoms with E-state index in [2.05, 4.69) is 12.8 Å². The Kier molecular flexibility index (Phi) is 114. The highest BCUT2D eigenvalue weighted by Crippen LogP contribution is 1.66. The molecule has 0 fully saturated rings. The van der Waals surface area contributed by atoms with Crippen LogP contribution in [0, 0.1) is 12.8 Å². The Morgan fingerprint density at radius 1 is 1.60 bits per heavy atom.